The number of rotatable bonds is 3. The molecular formula is C8H5F5N2O3. The van der Waals surface area contributed by atoms with E-state index in [-0.39, 0.29) is 6.07 Å². The van der Waals surface area contributed by atoms with Crippen molar-refractivity contribution in [1.82, 2.24) is 4.98 Å². The van der Waals surface area contributed by atoms with E-state index in [1.807, 2.05) is 0 Å². The minimum absolute atomic E-state index is 0.198. The molecule has 0 saturated carbocycles. The summed E-state index contributed by atoms with van der Waals surface area (Å²) in [7, 11) is 0. The van der Waals surface area contributed by atoms with Gasteiger partial charge in [0.1, 0.15) is 5.82 Å². The van der Waals surface area contributed by atoms with Crippen molar-refractivity contribution in [3.05, 3.63) is 17.3 Å². The third-order valence-corrected chi connectivity index (χ3v) is 1.71. The normalized spacial score (nSPS) is 11.7. The Morgan fingerprint density at radius 3 is 2.39 bits per heavy atom. The predicted molar refractivity (Wildman–Crippen MR) is 47.2 cm³/mol. The molecule has 0 radical (unpaired) electrons. The molecule has 0 atom stereocenters. The van der Waals surface area contributed by atoms with Gasteiger partial charge in [0.25, 0.3) is 6.43 Å². The van der Waals surface area contributed by atoms with E-state index in [0.717, 1.165) is 0 Å². The average molecular weight is 272 g/mol. The first-order valence-electron chi connectivity index (χ1n) is 4.19. The fourth-order valence-corrected chi connectivity index (χ4v) is 1.05. The lowest BCUT2D eigenvalue weighted by Crippen LogP contribution is -2.20. The van der Waals surface area contributed by atoms with Crippen LogP contribution in [0.2, 0.25) is 0 Å². The molecule has 0 spiro atoms. The lowest BCUT2D eigenvalue weighted by molar-refractivity contribution is -0.274. The number of alkyl halides is 5. The Bertz CT molecular complexity index is 475. The molecule has 0 fully saturated rings. The van der Waals surface area contributed by atoms with Crippen molar-refractivity contribution in [3.8, 4) is 5.75 Å². The molecule has 1 rings (SSSR count). The second-order valence-electron chi connectivity index (χ2n) is 2.96. The SMILES string of the molecule is Nc1nc(C(=O)O)c(OC(F)(F)F)cc1C(F)F. The number of halogens is 5. The van der Waals surface area contributed by atoms with Crippen LogP contribution in [-0.2, 0) is 0 Å². The van der Waals surface area contributed by atoms with E-state index in [2.05, 4.69) is 9.72 Å². The van der Waals surface area contributed by atoms with E-state index in [1.54, 1.807) is 0 Å². The van der Waals surface area contributed by atoms with Crippen molar-refractivity contribution in [2.45, 2.75) is 12.8 Å². The Kier molecular flexibility index (Phi) is 3.58. The van der Waals surface area contributed by atoms with E-state index >= 15 is 0 Å². The number of nitrogens with zero attached hydrogens (tertiary/aromatic N) is 1. The maximum atomic E-state index is 12.4. The highest BCUT2D eigenvalue weighted by Gasteiger charge is 2.34. The summed E-state index contributed by atoms with van der Waals surface area (Å²) in [5.41, 5.74) is 2.76. The van der Waals surface area contributed by atoms with E-state index in [9.17, 15) is 26.7 Å². The van der Waals surface area contributed by atoms with Crippen LogP contribution in [0.1, 0.15) is 22.5 Å². The van der Waals surface area contributed by atoms with Crippen molar-refractivity contribution in [1.29, 1.82) is 0 Å². The van der Waals surface area contributed by atoms with Gasteiger partial charge in [0.2, 0.25) is 0 Å². The Morgan fingerprint density at radius 2 is 2.00 bits per heavy atom. The Morgan fingerprint density at radius 1 is 1.44 bits per heavy atom. The number of nitrogens with two attached hydrogens (primary N) is 1. The van der Waals surface area contributed by atoms with Gasteiger partial charge in [-0.3, -0.25) is 0 Å². The van der Waals surface area contributed by atoms with Crippen molar-refractivity contribution in [2.24, 2.45) is 0 Å². The number of hydrogen-bond acceptors (Lipinski definition) is 4. The molecule has 0 saturated heterocycles. The molecule has 1 aromatic rings. The van der Waals surface area contributed by atoms with Crippen molar-refractivity contribution in [2.75, 3.05) is 5.73 Å². The maximum absolute atomic E-state index is 12.4. The number of nitrogen functional groups attached to an aromatic ring is 1. The summed E-state index contributed by atoms with van der Waals surface area (Å²) in [5.74, 6) is -4.11. The van der Waals surface area contributed by atoms with Crippen LogP contribution in [-0.4, -0.2) is 22.4 Å². The molecule has 0 amide bonds. The first kappa shape index (κ1) is 13.9. The molecule has 0 aliphatic carbocycles. The predicted octanol–water partition coefficient (Wildman–Crippen LogP) is 2.20. The van der Waals surface area contributed by atoms with Crippen LogP contribution in [0.15, 0.2) is 6.07 Å². The van der Waals surface area contributed by atoms with Gasteiger partial charge in [0, 0.05) is 0 Å². The third kappa shape index (κ3) is 3.18. The summed E-state index contributed by atoms with van der Waals surface area (Å²) in [6.45, 7) is 0. The van der Waals surface area contributed by atoms with Gasteiger partial charge in [0.15, 0.2) is 11.4 Å². The van der Waals surface area contributed by atoms with E-state index < -0.39 is 41.6 Å². The Balaban J connectivity index is 3.35. The van der Waals surface area contributed by atoms with Crippen molar-refractivity contribution < 1.29 is 36.6 Å². The van der Waals surface area contributed by atoms with E-state index in [1.165, 1.54) is 0 Å². The summed E-state index contributed by atoms with van der Waals surface area (Å²) < 4.78 is 63.9. The Labute approximate surface area is 96.0 Å². The van der Waals surface area contributed by atoms with E-state index in [0.29, 0.717) is 0 Å². The second-order valence-corrected chi connectivity index (χ2v) is 2.96. The summed E-state index contributed by atoms with van der Waals surface area (Å²) in [6.07, 6.45) is -8.45. The van der Waals surface area contributed by atoms with Gasteiger partial charge in [0.05, 0.1) is 5.56 Å². The fraction of sp³-hybridized carbons (Fsp3) is 0.250. The molecule has 0 unspecified atom stereocenters. The summed E-state index contributed by atoms with van der Waals surface area (Å²) in [4.78, 5) is 13.5. The molecule has 100 valence electrons. The number of carbonyl (C=O) groups is 1. The van der Waals surface area contributed by atoms with E-state index in [4.69, 9.17) is 10.8 Å². The van der Waals surface area contributed by atoms with Gasteiger partial charge in [-0.25, -0.2) is 18.6 Å². The number of carboxylic acid groups (broad SMARTS) is 1. The lowest BCUT2D eigenvalue weighted by Gasteiger charge is -2.13. The zero-order chi connectivity index (χ0) is 14.1. The number of carboxylic acids is 1. The molecule has 0 aliphatic rings. The highest BCUT2D eigenvalue weighted by atomic mass is 19.4. The molecule has 0 bridgehead atoms. The average Bonchev–Trinajstić information content (AvgIpc) is 2.17. The fourth-order valence-electron chi connectivity index (χ4n) is 1.05. The van der Waals surface area contributed by atoms with Gasteiger partial charge < -0.3 is 15.6 Å². The first-order chi connectivity index (χ1) is 8.11. The molecular weight excluding hydrogens is 267 g/mol. The van der Waals surface area contributed by atoms with Crippen LogP contribution >= 0.6 is 0 Å². The number of hydrogen-bond donors (Lipinski definition) is 2. The van der Waals surface area contributed by atoms with Crippen LogP contribution in [0.25, 0.3) is 0 Å². The molecule has 0 aliphatic heterocycles. The van der Waals surface area contributed by atoms with Gasteiger partial charge in [-0.15, -0.1) is 13.2 Å². The van der Waals surface area contributed by atoms with Gasteiger partial charge in [-0.2, -0.15) is 0 Å². The summed E-state index contributed by atoms with van der Waals surface area (Å²) in [6, 6.07) is 0.198. The van der Waals surface area contributed by atoms with Crippen LogP contribution in [0.5, 0.6) is 5.75 Å². The first-order valence-corrected chi connectivity index (χ1v) is 4.19. The third-order valence-electron chi connectivity index (χ3n) is 1.71. The smallest absolute Gasteiger partial charge is 0.476 e. The van der Waals surface area contributed by atoms with Gasteiger partial charge in [-0.1, -0.05) is 0 Å². The molecule has 1 heterocycles. The number of aromatic nitrogens is 1. The topological polar surface area (TPSA) is 85.4 Å². The number of pyridine rings is 1. The van der Waals surface area contributed by atoms with Crippen molar-refractivity contribution in [3.63, 3.8) is 0 Å². The molecule has 10 heteroatoms. The summed E-state index contributed by atoms with van der Waals surface area (Å²) in [5, 5.41) is 8.56. The highest BCUT2D eigenvalue weighted by molar-refractivity contribution is 5.89. The monoisotopic (exact) mass is 272 g/mol. The minimum atomic E-state index is -5.23. The van der Waals surface area contributed by atoms with Crippen LogP contribution in [0.4, 0.5) is 27.8 Å². The lowest BCUT2D eigenvalue weighted by atomic mass is 10.2. The minimum Gasteiger partial charge on any atom is -0.476 e. The van der Waals surface area contributed by atoms with Crippen LogP contribution in [0, 0.1) is 0 Å². The molecule has 1 aromatic heterocycles. The Hall–Kier alpha value is -2.13. The molecule has 5 nitrogen and oxygen atoms in total. The molecule has 3 N–H and O–H groups in total. The molecule has 18 heavy (non-hydrogen) atoms. The van der Waals surface area contributed by atoms with Crippen molar-refractivity contribution >= 4 is 11.8 Å². The number of anilines is 1. The van der Waals surface area contributed by atoms with Crippen LogP contribution < -0.4 is 10.5 Å². The summed E-state index contributed by atoms with van der Waals surface area (Å²) >= 11 is 0. The van der Waals surface area contributed by atoms with Crippen LogP contribution in [0.3, 0.4) is 0 Å². The second kappa shape index (κ2) is 4.63. The number of aromatic carboxylic acids is 1. The molecule has 0 aromatic carbocycles. The zero-order valence-corrected chi connectivity index (χ0v) is 8.33. The largest absolute Gasteiger partial charge is 0.573 e. The van der Waals surface area contributed by atoms with Gasteiger partial charge >= 0.3 is 12.3 Å². The highest BCUT2D eigenvalue weighted by Crippen LogP contribution is 2.32. The maximum Gasteiger partial charge on any atom is 0.573 e. The van der Waals surface area contributed by atoms with Gasteiger partial charge in [-0.05, 0) is 6.07 Å². The zero-order valence-electron chi connectivity index (χ0n) is 8.33. The quantitative estimate of drug-likeness (QED) is 0.824. The number of ether oxygens (including phenoxy) is 1. The standard InChI is InChI=1S/C8H5F5N2O3/c9-5(10)2-1-3(18-8(11,12)13)4(7(16)17)15-6(2)14/h1,5H,(H2,14,15)(H,16,17).